The van der Waals surface area contributed by atoms with Gasteiger partial charge in [-0.15, -0.1) is 0 Å². The molecule has 0 aromatic rings. The predicted molar refractivity (Wildman–Crippen MR) is 57.4 cm³/mol. The lowest BCUT2D eigenvalue weighted by Crippen LogP contribution is -2.28. The number of hydrogen-bond acceptors (Lipinski definition) is 2. The second-order valence-electron chi connectivity index (χ2n) is 4.28. The van der Waals surface area contributed by atoms with Gasteiger partial charge >= 0.3 is 0 Å². The van der Waals surface area contributed by atoms with Crippen molar-refractivity contribution < 1.29 is 0 Å². The highest BCUT2D eigenvalue weighted by Crippen LogP contribution is 2.45. The number of allylic oxidation sites excluding steroid dienone is 1. The maximum absolute atomic E-state index is 5.91. The van der Waals surface area contributed by atoms with E-state index in [0.29, 0.717) is 6.04 Å². The molecule has 2 unspecified atom stereocenters. The Labute approximate surface area is 81.6 Å². The van der Waals surface area contributed by atoms with Crippen LogP contribution in [0.2, 0.25) is 0 Å². The van der Waals surface area contributed by atoms with E-state index in [-0.39, 0.29) is 5.41 Å². The zero-order valence-electron chi connectivity index (χ0n) is 8.90. The van der Waals surface area contributed by atoms with Crippen LogP contribution >= 0.6 is 0 Å². The molecule has 0 aromatic carbocycles. The van der Waals surface area contributed by atoms with Crippen molar-refractivity contribution >= 4 is 0 Å². The zero-order valence-corrected chi connectivity index (χ0v) is 8.90. The third-order valence-corrected chi connectivity index (χ3v) is 3.43. The molecule has 13 heavy (non-hydrogen) atoms. The molecule has 1 fully saturated rings. The van der Waals surface area contributed by atoms with E-state index in [9.17, 15) is 0 Å². The molecule has 1 saturated carbocycles. The van der Waals surface area contributed by atoms with Crippen LogP contribution in [0.5, 0.6) is 0 Å². The van der Waals surface area contributed by atoms with E-state index in [1.165, 1.54) is 32.1 Å². The normalized spacial score (nSPS) is 33.5. The average molecular weight is 182 g/mol. The molecule has 1 rings (SSSR count). The predicted octanol–water partition coefficient (Wildman–Crippen LogP) is 2.02. The summed E-state index contributed by atoms with van der Waals surface area (Å²) in [5.41, 5.74) is 7.05. The second-order valence-corrected chi connectivity index (χ2v) is 4.28. The van der Waals surface area contributed by atoms with Gasteiger partial charge < -0.3 is 11.1 Å². The molecule has 0 saturated heterocycles. The molecule has 1 aliphatic carbocycles. The van der Waals surface area contributed by atoms with E-state index in [1.54, 1.807) is 0 Å². The van der Waals surface area contributed by atoms with Crippen LogP contribution in [0.25, 0.3) is 0 Å². The highest BCUT2D eigenvalue weighted by molar-refractivity contribution is 5.11. The Morgan fingerprint density at radius 1 is 1.69 bits per heavy atom. The summed E-state index contributed by atoms with van der Waals surface area (Å²) in [6, 6.07) is 0.645. The van der Waals surface area contributed by atoms with Crippen molar-refractivity contribution in [2.45, 2.75) is 45.1 Å². The van der Waals surface area contributed by atoms with Gasteiger partial charge in [0.25, 0.3) is 0 Å². The molecule has 0 heterocycles. The molecule has 1 aliphatic rings. The van der Waals surface area contributed by atoms with Crippen LogP contribution in [0.4, 0.5) is 0 Å². The van der Waals surface area contributed by atoms with Crippen LogP contribution in [-0.4, -0.2) is 13.1 Å². The topological polar surface area (TPSA) is 38.0 Å². The van der Waals surface area contributed by atoms with E-state index < -0.39 is 0 Å². The average Bonchev–Trinajstić information content (AvgIpc) is 2.50. The van der Waals surface area contributed by atoms with Crippen molar-refractivity contribution in [3.8, 4) is 0 Å². The van der Waals surface area contributed by atoms with Gasteiger partial charge in [0.2, 0.25) is 0 Å². The van der Waals surface area contributed by atoms with Crippen LogP contribution in [0.3, 0.4) is 0 Å². The van der Waals surface area contributed by atoms with Gasteiger partial charge in [-0.25, -0.2) is 0 Å². The molecule has 0 amide bonds. The van der Waals surface area contributed by atoms with Crippen molar-refractivity contribution in [2.24, 2.45) is 11.1 Å². The fourth-order valence-electron chi connectivity index (χ4n) is 2.53. The van der Waals surface area contributed by atoms with Crippen molar-refractivity contribution in [1.29, 1.82) is 0 Å². The maximum Gasteiger partial charge on any atom is 0.0108 e. The summed E-state index contributed by atoms with van der Waals surface area (Å²) in [7, 11) is 2.03. The van der Waals surface area contributed by atoms with Gasteiger partial charge in [0.05, 0.1) is 0 Å². The standard InChI is InChI=1S/C11H22N2/c1-4-6-11(9(2)12)7-5-10(8-11)13-3/h10,13H,2,4-8,12H2,1,3H3. The van der Waals surface area contributed by atoms with Gasteiger partial charge in [0, 0.05) is 17.2 Å². The Morgan fingerprint density at radius 2 is 2.38 bits per heavy atom. The number of nitrogens with two attached hydrogens (primary N) is 1. The third kappa shape index (κ3) is 2.05. The van der Waals surface area contributed by atoms with E-state index in [4.69, 9.17) is 5.73 Å². The van der Waals surface area contributed by atoms with Crippen LogP contribution in [0, 0.1) is 5.41 Å². The lowest BCUT2D eigenvalue weighted by molar-refractivity contribution is 0.321. The largest absolute Gasteiger partial charge is 0.402 e. The maximum atomic E-state index is 5.91. The Kier molecular flexibility index (Phi) is 3.37. The summed E-state index contributed by atoms with van der Waals surface area (Å²) in [5.74, 6) is 0. The van der Waals surface area contributed by atoms with Gasteiger partial charge in [-0.05, 0) is 32.7 Å². The van der Waals surface area contributed by atoms with Crippen molar-refractivity contribution in [3.05, 3.63) is 12.3 Å². The summed E-state index contributed by atoms with van der Waals surface area (Å²) >= 11 is 0. The minimum absolute atomic E-state index is 0.239. The van der Waals surface area contributed by atoms with Crippen LogP contribution < -0.4 is 11.1 Å². The Bertz CT molecular complexity index is 189. The van der Waals surface area contributed by atoms with Crippen LogP contribution in [0.15, 0.2) is 12.3 Å². The summed E-state index contributed by atoms with van der Waals surface area (Å²) in [4.78, 5) is 0. The molecule has 3 N–H and O–H groups in total. The van der Waals surface area contributed by atoms with Crippen LogP contribution in [0.1, 0.15) is 39.0 Å². The monoisotopic (exact) mass is 182 g/mol. The van der Waals surface area contributed by atoms with Gasteiger partial charge in [0.1, 0.15) is 0 Å². The summed E-state index contributed by atoms with van der Waals surface area (Å²) in [5, 5.41) is 3.34. The van der Waals surface area contributed by atoms with E-state index >= 15 is 0 Å². The van der Waals surface area contributed by atoms with Gasteiger partial charge in [-0.1, -0.05) is 19.9 Å². The SMILES string of the molecule is C=C(N)C1(CCC)CCC(NC)C1. The first-order valence-corrected chi connectivity index (χ1v) is 5.27. The summed E-state index contributed by atoms with van der Waals surface area (Å²) in [6.45, 7) is 6.17. The molecule has 2 heteroatoms. The zero-order chi connectivity index (χ0) is 9.90. The lowest BCUT2D eigenvalue weighted by Gasteiger charge is -2.29. The molecular weight excluding hydrogens is 160 g/mol. The first-order chi connectivity index (χ1) is 6.14. The van der Waals surface area contributed by atoms with Gasteiger partial charge in [0.15, 0.2) is 0 Å². The van der Waals surface area contributed by atoms with E-state index in [2.05, 4.69) is 18.8 Å². The minimum Gasteiger partial charge on any atom is -0.402 e. The second kappa shape index (κ2) is 4.14. The molecule has 0 aliphatic heterocycles. The van der Waals surface area contributed by atoms with Gasteiger partial charge in [-0.2, -0.15) is 0 Å². The smallest absolute Gasteiger partial charge is 0.0108 e. The first kappa shape index (κ1) is 10.6. The Hall–Kier alpha value is -0.500. The minimum atomic E-state index is 0.239. The Balaban J connectivity index is 2.65. The molecule has 0 bridgehead atoms. The summed E-state index contributed by atoms with van der Waals surface area (Å²) in [6.07, 6.45) is 6.02. The molecule has 0 aromatic heterocycles. The van der Waals surface area contributed by atoms with Crippen molar-refractivity contribution in [1.82, 2.24) is 5.32 Å². The molecule has 2 nitrogen and oxygen atoms in total. The highest BCUT2D eigenvalue weighted by atomic mass is 14.9. The number of rotatable bonds is 4. The molecule has 2 atom stereocenters. The quantitative estimate of drug-likeness (QED) is 0.698. The van der Waals surface area contributed by atoms with E-state index in [1.807, 2.05) is 7.05 Å². The number of hydrogen-bond donors (Lipinski definition) is 2. The highest BCUT2D eigenvalue weighted by Gasteiger charge is 2.38. The van der Waals surface area contributed by atoms with Gasteiger partial charge in [-0.3, -0.25) is 0 Å². The Morgan fingerprint density at radius 3 is 2.77 bits per heavy atom. The fourth-order valence-corrected chi connectivity index (χ4v) is 2.53. The van der Waals surface area contributed by atoms with Crippen molar-refractivity contribution in [3.63, 3.8) is 0 Å². The third-order valence-electron chi connectivity index (χ3n) is 3.43. The molecule has 0 radical (unpaired) electrons. The number of nitrogens with one attached hydrogen (secondary N) is 1. The fraction of sp³-hybridized carbons (Fsp3) is 0.818. The lowest BCUT2D eigenvalue weighted by atomic mass is 9.79. The molecular formula is C11H22N2. The van der Waals surface area contributed by atoms with Crippen LogP contribution in [-0.2, 0) is 0 Å². The molecule has 76 valence electrons. The van der Waals surface area contributed by atoms with E-state index in [0.717, 1.165) is 5.70 Å². The van der Waals surface area contributed by atoms with Crippen molar-refractivity contribution in [2.75, 3.05) is 7.05 Å². The molecule has 0 spiro atoms. The first-order valence-electron chi connectivity index (χ1n) is 5.27. The summed E-state index contributed by atoms with van der Waals surface area (Å²) < 4.78 is 0.